The Kier molecular flexibility index (Phi) is 4.27. The minimum absolute atomic E-state index is 0.644. The molecule has 21 heavy (non-hydrogen) atoms. The lowest BCUT2D eigenvalue weighted by molar-refractivity contribution is 1.05. The number of hydrogen-bond acceptors (Lipinski definition) is 4. The topological polar surface area (TPSA) is 37.8 Å². The molecule has 0 radical (unpaired) electrons. The molecular formula is C16H14ClN3S. The van der Waals surface area contributed by atoms with E-state index in [4.69, 9.17) is 11.6 Å². The number of halogens is 1. The summed E-state index contributed by atoms with van der Waals surface area (Å²) >= 11 is 7.81. The molecule has 3 nitrogen and oxygen atoms in total. The highest BCUT2D eigenvalue weighted by molar-refractivity contribution is 7.99. The lowest BCUT2D eigenvalue weighted by atomic mass is 10.2. The van der Waals surface area contributed by atoms with Crippen LogP contribution in [0.3, 0.4) is 0 Å². The summed E-state index contributed by atoms with van der Waals surface area (Å²) in [5.74, 6) is 0.644. The van der Waals surface area contributed by atoms with Crippen LogP contribution in [0.5, 0.6) is 0 Å². The number of aromatic nitrogens is 2. The van der Waals surface area contributed by atoms with Gasteiger partial charge in [-0.25, -0.2) is 9.97 Å². The van der Waals surface area contributed by atoms with Crippen molar-refractivity contribution in [3.05, 3.63) is 53.6 Å². The Balaban J connectivity index is 2.09. The second-order valence-electron chi connectivity index (χ2n) is 4.43. The van der Waals surface area contributed by atoms with E-state index >= 15 is 0 Å². The van der Waals surface area contributed by atoms with Gasteiger partial charge in [0.25, 0.3) is 0 Å². The summed E-state index contributed by atoms with van der Waals surface area (Å²) < 4.78 is 0. The molecule has 2 aromatic carbocycles. The molecule has 0 spiro atoms. The van der Waals surface area contributed by atoms with Crippen molar-refractivity contribution in [2.75, 3.05) is 11.9 Å². The van der Waals surface area contributed by atoms with Gasteiger partial charge in [0.15, 0.2) is 0 Å². The van der Waals surface area contributed by atoms with E-state index in [2.05, 4.69) is 15.3 Å². The minimum Gasteiger partial charge on any atom is -0.354 e. The number of anilines is 1. The van der Waals surface area contributed by atoms with Crippen molar-refractivity contribution in [1.82, 2.24) is 9.97 Å². The first kappa shape index (κ1) is 14.2. The largest absolute Gasteiger partial charge is 0.354 e. The molecule has 3 rings (SSSR count). The van der Waals surface area contributed by atoms with Crippen molar-refractivity contribution in [3.63, 3.8) is 0 Å². The zero-order valence-electron chi connectivity index (χ0n) is 11.5. The zero-order valence-corrected chi connectivity index (χ0v) is 13.1. The maximum Gasteiger partial charge on any atom is 0.224 e. The Bertz CT molecular complexity index is 776. The molecule has 5 heteroatoms. The summed E-state index contributed by atoms with van der Waals surface area (Å²) in [5, 5.41) is 5.84. The first-order chi connectivity index (χ1) is 10.3. The number of para-hydroxylation sites is 1. The molecule has 0 aliphatic heterocycles. The number of rotatable bonds is 4. The van der Waals surface area contributed by atoms with Gasteiger partial charge in [-0.15, -0.1) is 0 Å². The number of nitrogens with one attached hydrogen (secondary N) is 1. The standard InChI is InChI=1S/C16H14ClN3S/c1-2-18-16-19-13-9-5-3-7-11(13)15(20-16)21-14-10-6-4-8-12(14)17/h3-10H,2H2,1H3,(H,18,19,20). The van der Waals surface area contributed by atoms with Crippen molar-refractivity contribution < 1.29 is 0 Å². The smallest absolute Gasteiger partial charge is 0.224 e. The van der Waals surface area contributed by atoms with Crippen LogP contribution in [0.15, 0.2) is 58.5 Å². The first-order valence-corrected chi connectivity index (χ1v) is 7.90. The fourth-order valence-corrected chi connectivity index (χ4v) is 3.18. The average Bonchev–Trinajstić information content (AvgIpc) is 2.50. The van der Waals surface area contributed by atoms with Crippen LogP contribution in [-0.4, -0.2) is 16.5 Å². The number of nitrogens with zero attached hydrogens (tertiary/aromatic N) is 2. The van der Waals surface area contributed by atoms with Crippen LogP contribution in [0, 0.1) is 0 Å². The van der Waals surface area contributed by atoms with Gasteiger partial charge in [0.05, 0.1) is 10.5 Å². The van der Waals surface area contributed by atoms with E-state index in [-0.39, 0.29) is 0 Å². The lowest BCUT2D eigenvalue weighted by Crippen LogP contribution is -2.03. The van der Waals surface area contributed by atoms with Gasteiger partial charge in [-0.05, 0) is 25.1 Å². The van der Waals surface area contributed by atoms with Gasteiger partial charge in [-0.3, -0.25) is 0 Å². The predicted octanol–water partition coefficient (Wildman–Crippen LogP) is 4.87. The Hall–Kier alpha value is -1.78. The molecule has 0 bridgehead atoms. The lowest BCUT2D eigenvalue weighted by Gasteiger charge is -2.09. The van der Waals surface area contributed by atoms with Crippen LogP contribution >= 0.6 is 23.4 Å². The molecule has 0 unspecified atom stereocenters. The molecule has 1 N–H and O–H groups in total. The average molecular weight is 316 g/mol. The molecular weight excluding hydrogens is 302 g/mol. The van der Waals surface area contributed by atoms with Gasteiger partial charge in [0, 0.05) is 16.8 Å². The van der Waals surface area contributed by atoms with Crippen molar-refractivity contribution >= 4 is 40.2 Å². The van der Waals surface area contributed by atoms with E-state index in [0.717, 1.165) is 32.4 Å². The summed E-state index contributed by atoms with van der Waals surface area (Å²) in [6.07, 6.45) is 0. The second-order valence-corrected chi connectivity index (χ2v) is 5.87. The third-order valence-corrected chi connectivity index (χ3v) is 4.47. The zero-order chi connectivity index (χ0) is 14.7. The fourth-order valence-electron chi connectivity index (χ4n) is 1.99. The molecule has 0 saturated heterocycles. The molecule has 1 heterocycles. The van der Waals surface area contributed by atoms with E-state index in [1.807, 2.05) is 55.5 Å². The Labute approximate surface area is 132 Å². The normalized spacial score (nSPS) is 10.8. The molecule has 0 fully saturated rings. The van der Waals surface area contributed by atoms with Crippen molar-refractivity contribution in [1.29, 1.82) is 0 Å². The van der Waals surface area contributed by atoms with Crippen LogP contribution in [0.25, 0.3) is 10.9 Å². The second kappa shape index (κ2) is 6.33. The molecule has 0 amide bonds. The molecule has 0 atom stereocenters. The summed E-state index contributed by atoms with van der Waals surface area (Å²) in [5.41, 5.74) is 0.929. The van der Waals surface area contributed by atoms with Crippen LogP contribution in [0.4, 0.5) is 5.95 Å². The van der Waals surface area contributed by atoms with E-state index in [1.165, 1.54) is 0 Å². The van der Waals surface area contributed by atoms with Crippen molar-refractivity contribution in [2.24, 2.45) is 0 Å². The van der Waals surface area contributed by atoms with Crippen molar-refractivity contribution in [3.8, 4) is 0 Å². The van der Waals surface area contributed by atoms with Gasteiger partial charge in [-0.1, -0.05) is 53.7 Å². The van der Waals surface area contributed by atoms with E-state index in [0.29, 0.717) is 5.95 Å². The Morgan fingerprint density at radius 2 is 1.81 bits per heavy atom. The monoisotopic (exact) mass is 315 g/mol. The highest BCUT2D eigenvalue weighted by atomic mass is 35.5. The molecule has 0 saturated carbocycles. The Morgan fingerprint density at radius 1 is 1.05 bits per heavy atom. The van der Waals surface area contributed by atoms with Gasteiger partial charge >= 0.3 is 0 Å². The van der Waals surface area contributed by atoms with E-state index in [9.17, 15) is 0 Å². The molecule has 106 valence electrons. The maximum absolute atomic E-state index is 6.25. The van der Waals surface area contributed by atoms with E-state index < -0.39 is 0 Å². The first-order valence-electron chi connectivity index (χ1n) is 6.71. The molecule has 0 aliphatic carbocycles. The predicted molar refractivity (Wildman–Crippen MR) is 89.3 cm³/mol. The fraction of sp³-hybridized carbons (Fsp3) is 0.125. The minimum atomic E-state index is 0.644. The van der Waals surface area contributed by atoms with Crippen LogP contribution in [0.1, 0.15) is 6.92 Å². The van der Waals surface area contributed by atoms with Crippen LogP contribution < -0.4 is 5.32 Å². The maximum atomic E-state index is 6.25. The van der Waals surface area contributed by atoms with Crippen LogP contribution in [-0.2, 0) is 0 Å². The Morgan fingerprint density at radius 3 is 2.62 bits per heavy atom. The summed E-state index contributed by atoms with van der Waals surface area (Å²) in [6, 6.07) is 15.8. The number of hydrogen-bond donors (Lipinski definition) is 1. The highest BCUT2D eigenvalue weighted by Gasteiger charge is 2.10. The third kappa shape index (κ3) is 3.12. The summed E-state index contributed by atoms with van der Waals surface area (Å²) in [4.78, 5) is 10.1. The highest BCUT2D eigenvalue weighted by Crippen LogP contribution is 2.35. The van der Waals surface area contributed by atoms with Gasteiger partial charge in [-0.2, -0.15) is 0 Å². The van der Waals surface area contributed by atoms with Crippen molar-refractivity contribution in [2.45, 2.75) is 16.8 Å². The third-order valence-electron chi connectivity index (χ3n) is 2.95. The molecule has 3 aromatic rings. The van der Waals surface area contributed by atoms with Crippen LogP contribution in [0.2, 0.25) is 5.02 Å². The van der Waals surface area contributed by atoms with Gasteiger partial charge < -0.3 is 5.32 Å². The number of fused-ring (bicyclic) bond motifs is 1. The van der Waals surface area contributed by atoms with Gasteiger partial charge in [0.2, 0.25) is 5.95 Å². The number of benzene rings is 2. The quantitative estimate of drug-likeness (QED) is 0.697. The van der Waals surface area contributed by atoms with Gasteiger partial charge in [0.1, 0.15) is 5.03 Å². The summed E-state index contributed by atoms with van der Waals surface area (Å²) in [6.45, 7) is 2.81. The summed E-state index contributed by atoms with van der Waals surface area (Å²) in [7, 11) is 0. The SMILES string of the molecule is CCNc1nc(Sc2ccccc2Cl)c2ccccc2n1. The van der Waals surface area contributed by atoms with E-state index in [1.54, 1.807) is 11.8 Å². The molecule has 0 aliphatic rings. The molecule has 1 aromatic heterocycles.